The first-order valence-electron chi connectivity index (χ1n) is 6.36. The number of rotatable bonds is 7. The number of ether oxygens (including phenoxy) is 1. The Bertz CT molecular complexity index is 536. The largest absolute Gasteiger partial charge is 0.482 e. The highest BCUT2D eigenvalue weighted by Gasteiger charge is 2.31. The fourth-order valence-electron chi connectivity index (χ4n) is 1.43. The summed E-state index contributed by atoms with van der Waals surface area (Å²) in [6.07, 6.45) is 0.409. The van der Waals surface area contributed by atoms with E-state index < -0.39 is 17.3 Å². The van der Waals surface area contributed by atoms with E-state index in [4.69, 9.17) is 33.0 Å². The molecule has 2 N–H and O–H groups in total. The number of carboxylic acid groups (broad SMARTS) is 1. The molecule has 1 aromatic rings. The van der Waals surface area contributed by atoms with Crippen molar-refractivity contribution < 1.29 is 19.4 Å². The number of benzene rings is 1. The van der Waals surface area contributed by atoms with Crippen molar-refractivity contribution in [2.24, 2.45) is 5.41 Å². The number of carboxylic acids is 1. The topological polar surface area (TPSA) is 75.6 Å². The first kappa shape index (κ1) is 17.6. The quantitative estimate of drug-likeness (QED) is 0.804. The average Bonchev–Trinajstić information content (AvgIpc) is 2.43. The lowest BCUT2D eigenvalue weighted by Gasteiger charge is -2.23. The Kier molecular flexibility index (Phi) is 6.30. The van der Waals surface area contributed by atoms with Gasteiger partial charge in [0.2, 0.25) is 0 Å². The van der Waals surface area contributed by atoms with Gasteiger partial charge in [-0.15, -0.1) is 0 Å². The van der Waals surface area contributed by atoms with E-state index in [2.05, 4.69) is 5.32 Å². The van der Waals surface area contributed by atoms with Crippen LogP contribution in [-0.2, 0) is 9.59 Å². The number of aliphatic carboxylic acids is 1. The number of carbonyl (C=O) groups is 2. The third-order valence-electron chi connectivity index (χ3n) is 3.23. The number of halogens is 2. The van der Waals surface area contributed by atoms with Crippen molar-refractivity contribution in [2.75, 3.05) is 13.2 Å². The van der Waals surface area contributed by atoms with Crippen molar-refractivity contribution in [1.82, 2.24) is 5.32 Å². The first-order valence-corrected chi connectivity index (χ1v) is 7.12. The van der Waals surface area contributed by atoms with Gasteiger partial charge in [0.1, 0.15) is 5.75 Å². The van der Waals surface area contributed by atoms with E-state index in [0.717, 1.165) is 0 Å². The van der Waals surface area contributed by atoms with Gasteiger partial charge in [-0.2, -0.15) is 0 Å². The lowest BCUT2D eigenvalue weighted by Crippen LogP contribution is -2.42. The predicted molar refractivity (Wildman–Crippen MR) is 81.0 cm³/mol. The van der Waals surface area contributed by atoms with Crippen LogP contribution in [0.3, 0.4) is 0 Å². The fourth-order valence-corrected chi connectivity index (χ4v) is 1.90. The van der Waals surface area contributed by atoms with Crippen LogP contribution in [0.2, 0.25) is 10.0 Å². The van der Waals surface area contributed by atoms with Gasteiger partial charge in [0, 0.05) is 11.6 Å². The third kappa shape index (κ3) is 5.10. The van der Waals surface area contributed by atoms with Crippen molar-refractivity contribution >= 4 is 35.1 Å². The van der Waals surface area contributed by atoms with Gasteiger partial charge in [0.15, 0.2) is 6.61 Å². The van der Waals surface area contributed by atoms with Gasteiger partial charge in [-0.3, -0.25) is 9.59 Å². The van der Waals surface area contributed by atoms with E-state index in [1.807, 2.05) is 0 Å². The van der Waals surface area contributed by atoms with Crippen LogP contribution < -0.4 is 10.1 Å². The minimum atomic E-state index is -0.992. The van der Waals surface area contributed by atoms with Gasteiger partial charge in [-0.1, -0.05) is 30.1 Å². The first-order chi connectivity index (χ1) is 9.78. The SMILES string of the molecule is CCC(C)(CNC(=O)COc1ccc(Cl)cc1Cl)C(=O)O. The van der Waals surface area contributed by atoms with Gasteiger partial charge in [0.05, 0.1) is 10.4 Å². The Balaban J connectivity index is 2.49. The number of carbonyl (C=O) groups excluding carboxylic acids is 1. The summed E-state index contributed by atoms with van der Waals surface area (Å²) in [6.45, 7) is 3.12. The predicted octanol–water partition coefficient (Wildman–Crippen LogP) is 2.99. The lowest BCUT2D eigenvalue weighted by molar-refractivity contribution is -0.148. The van der Waals surface area contributed by atoms with Gasteiger partial charge in [0.25, 0.3) is 5.91 Å². The maximum absolute atomic E-state index is 11.7. The summed E-state index contributed by atoms with van der Waals surface area (Å²) in [5, 5.41) is 12.4. The summed E-state index contributed by atoms with van der Waals surface area (Å²) >= 11 is 11.7. The van der Waals surface area contributed by atoms with Crippen molar-refractivity contribution in [2.45, 2.75) is 20.3 Å². The molecule has 1 unspecified atom stereocenters. The fraction of sp³-hybridized carbons (Fsp3) is 0.429. The Hall–Kier alpha value is -1.46. The lowest BCUT2D eigenvalue weighted by atomic mass is 9.88. The molecule has 1 amide bonds. The van der Waals surface area contributed by atoms with Crippen molar-refractivity contribution in [3.05, 3.63) is 28.2 Å². The van der Waals surface area contributed by atoms with E-state index >= 15 is 0 Å². The zero-order valence-corrected chi connectivity index (χ0v) is 13.3. The van der Waals surface area contributed by atoms with Gasteiger partial charge in [-0.25, -0.2) is 0 Å². The van der Waals surface area contributed by atoms with Gasteiger partial charge in [-0.05, 0) is 31.5 Å². The molecule has 0 aliphatic heterocycles. The smallest absolute Gasteiger partial charge is 0.311 e. The molecule has 0 radical (unpaired) electrons. The van der Waals surface area contributed by atoms with Gasteiger partial charge >= 0.3 is 5.97 Å². The Morgan fingerprint density at radius 1 is 1.38 bits per heavy atom. The molecule has 5 nitrogen and oxygen atoms in total. The minimum Gasteiger partial charge on any atom is -0.482 e. The minimum absolute atomic E-state index is 0.0371. The molecule has 0 bridgehead atoms. The molecular weight excluding hydrogens is 317 g/mol. The number of amides is 1. The molecule has 1 atom stereocenters. The summed E-state index contributed by atoms with van der Waals surface area (Å²) in [7, 11) is 0. The van der Waals surface area contributed by atoms with Crippen LogP contribution in [0.15, 0.2) is 18.2 Å². The normalized spacial score (nSPS) is 13.3. The van der Waals surface area contributed by atoms with E-state index in [-0.39, 0.29) is 13.2 Å². The van der Waals surface area contributed by atoms with Crippen LogP contribution in [0, 0.1) is 5.41 Å². The average molecular weight is 334 g/mol. The molecule has 0 saturated heterocycles. The summed E-state index contributed by atoms with van der Waals surface area (Å²) in [6, 6.07) is 4.67. The Morgan fingerprint density at radius 3 is 2.57 bits per heavy atom. The molecule has 0 aliphatic carbocycles. The zero-order chi connectivity index (χ0) is 16.0. The summed E-state index contributed by atoms with van der Waals surface area (Å²) in [4.78, 5) is 22.8. The highest BCUT2D eigenvalue weighted by molar-refractivity contribution is 6.35. The Morgan fingerprint density at radius 2 is 2.05 bits per heavy atom. The molecule has 0 aliphatic rings. The van der Waals surface area contributed by atoms with E-state index in [9.17, 15) is 9.59 Å². The van der Waals surface area contributed by atoms with Crippen LogP contribution in [0.1, 0.15) is 20.3 Å². The standard InChI is InChI=1S/C14H17Cl2NO4/c1-3-14(2,13(19)20)8-17-12(18)7-21-11-5-4-9(15)6-10(11)16/h4-6H,3,7-8H2,1-2H3,(H,17,18)(H,19,20). The summed E-state index contributed by atoms with van der Waals surface area (Å²) in [5.41, 5.74) is -0.992. The molecular formula is C14H17Cl2NO4. The molecule has 0 heterocycles. The molecule has 0 fully saturated rings. The second-order valence-corrected chi connectivity index (χ2v) is 5.70. The highest BCUT2D eigenvalue weighted by Crippen LogP contribution is 2.27. The molecule has 1 rings (SSSR count). The molecule has 7 heteroatoms. The summed E-state index contributed by atoms with van der Waals surface area (Å²) in [5.74, 6) is -1.03. The van der Waals surface area contributed by atoms with Crippen molar-refractivity contribution in [3.63, 3.8) is 0 Å². The monoisotopic (exact) mass is 333 g/mol. The van der Waals surface area contributed by atoms with E-state index in [1.54, 1.807) is 26.0 Å². The number of nitrogens with one attached hydrogen (secondary N) is 1. The van der Waals surface area contributed by atoms with Crippen LogP contribution in [0.5, 0.6) is 5.75 Å². The van der Waals surface area contributed by atoms with Gasteiger partial charge < -0.3 is 15.2 Å². The molecule has 0 aromatic heterocycles. The highest BCUT2D eigenvalue weighted by atomic mass is 35.5. The maximum Gasteiger partial charge on any atom is 0.311 e. The number of hydrogen-bond donors (Lipinski definition) is 2. The van der Waals surface area contributed by atoms with Crippen molar-refractivity contribution in [3.8, 4) is 5.75 Å². The summed E-state index contributed by atoms with van der Waals surface area (Å²) < 4.78 is 5.26. The maximum atomic E-state index is 11.7. The Labute approximate surface area is 133 Å². The second kappa shape index (κ2) is 7.52. The molecule has 1 aromatic carbocycles. The van der Waals surface area contributed by atoms with Crippen LogP contribution in [0.25, 0.3) is 0 Å². The second-order valence-electron chi connectivity index (χ2n) is 4.86. The zero-order valence-electron chi connectivity index (χ0n) is 11.8. The van der Waals surface area contributed by atoms with Crippen LogP contribution in [-0.4, -0.2) is 30.1 Å². The molecule has 0 spiro atoms. The van der Waals surface area contributed by atoms with E-state index in [0.29, 0.717) is 22.2 Å². The molecule has 116 valence electrons. The third-order valence-corrected chi connectivity index (χ3v) is 3.76. The molecule has 0 saturated carbocycles. The van der Waals surface area contributed by atoms with Crippen LogP contribution in [0.4, 0.5) is 0 Å². The van der Waals surface area contributed by atoms with E-state index in [1.165, 1.54) is 6.07 Å². The van der Waals surface area contributed by atoms with Crippen molar-refractivity contribution in [1.29, 1.82) is 0 Å². The number of hydrogen-bond acceptors (Lipinski definition) is 3. The molecule has 21 heavy (non-hydrogen) atoms. The van der Waals surface area contributed by atoms with Crippen LogP contribution >= 0.6 is 23.2 Å².